The molecule has 0 bridgehead atoms. The van der Waals surface area contributed by atoms with Crippen molar-refractivity contribution < 1.29 is 28.1 Å². The lowest BCUT2D eigenvalue weighted by atomic mass is 10.1. The minimum absolute atomic E-state index is 0.0681. The van der Waals surface area contributed by atoms with E-state index in [2.05, 4.69) is 25.1 Å². The molecule has 5 atom stereocenters. The van der Waals surface area contributed by atoms with Crippen molar-refractivity contribution in [1.29, 1.82) is 0 Å². The highest BCUT2D eigenvalue weighted by Gasteiger charge is 2.49. The summed E-state index contributed by atoms with van der Waals surface area (Å²) in [6.07, 6.45) is 0.413. The largest absolute Gasteiger partial charge is 0.374 e. The lowest BCUT2D eigenvalue weighted by Gasteiger charge is -2.38. The number of carbonyl (C=O) groups is 2. The Morgan fingerprint density at radius 1 is 1.27 bits per heavy atom. The zero-order valence-electron chi connectivity index (χ0n) is 24.5. The molecule has 40 heavy (non-hydrogen) atoms. The van der Waals surface area contributed by atoms with E-state index in [1.807, 2.05) is 34.6 Å². The summed E-state index contributed by atoms with van der Waals surface area (Å²) in [5.74, 6) is -0.341. The van der Waals surface area contributed by atoms with Crippen molar-refractivity contribution in [3.8, 4) is 0 Å². The van der Waals surface area contributed by atoms with Crippen LogP contribution in [0, 0.1) is 6.57 Å². The van der Waals surface area contributed by atoms with Crippen LogP contribution in [0.25, 0.3) is 4.85 Å². The molecule has 0 aliphatic carbocycles. The van der Waals surface area contributed by atoms with Gasteiger partial charge in [-0.15, -0.1) is 0 Å². The summed E-state index contributed by atoms with van der Waals surface area (Å²) in [6, 6.07) is 1.63. The number of ether oxygens (including phenoxy) is 2. The Balaban J connectivity index is 2.43. The SMILES string of the molecule is [C-]#[N+]CCOP(O[C@H]1[C@@H](OC)[C@H](n2ccc(NC(C)=O)nc2=O)O[C@@H]1CNC(=O)CCCC)N(C(C)C)C(C)C. The van der Waals surface area contributed by atoms with E-state index in [4.69, 9.17) is 25.1 Å². The van der Waals surface area contributed by atoms with Gasteiger partial charge in [-0.1, -0.05) is 13.3 Å². The zero-order chi connectivity index (χ0) is 29.8. The minimum atomic E-state index is -1.66. The number of unbranched alkanes of at least 4 members (excludes halogenated alkanes) is 1. The normalized spacial score (nSPS) is 21.5. The van der Waals surface area contributed by atoms with Crippen molar-refractivity contribution in [3.63, 3.8) is 0 Å². The number of rotatable bonds is 16. The Bertz CT molecular complexity index is 1050. The molecule has 1 fully saturated rings. The van der Waals surface area contributed by atoms with Crippen LogP contribution in [-0.2, 0) is 28.1 Å². The summed E-state index contributed by atoms with van der Waals surface area (Å²) in [7, 11) is -0.169. The molecule has 1 aliphatic heterocycles. The molecular formula is C26H43N6O7P. The number of nitrogens with zero attached hydrogens (tertiary/aromatic N) is 4. The molecule has 0 aromatic carbocycles. The van der Waals surface area contributed by atoms with E-state index in [1.165, 1.54) is 30.9 Å². The smallest absolute Gasteiger partial charge is 0.351 e. The Morgan fingerprint density at radius 3 is 2.52 bits per heavy atom. The number of aromatic nitrogens is 2. The average Bonchev–Trinajstić information content (AvgIpc) is 3.22. The molecule has 1 aromatic heterocycles. The highest BCUT2D eigenvalue weighted by atomic mass is 31.2. The third kappa shape index (κ3) is 9.58. The maximum Gasteiger partial charge on any atom is 0.351 e. The molecule has 2 rings (SSSR count). The van der Waals surface area contributed by atoms with Gasteiger partial charge in [0.15, 0.2) is 6.23 Å². The first-order chi connectivity index (χ1) is 19.0. The Labute approximate surface area is 237 Å². The van der Waals surface area contributed by atoms with Crippen LogP contribution in [0.1, 0.15) is 67.0 Å². The van der Waals surface area contributed by atoms with E-state index in [9.17, 15) is 14.4 Å². The summed E-state index contributed by atoms with van der Waals surface area (Å²) >= 11 is 0. The van der Waals surface area contributed by atoms with Gasteiger partial charge in [-0.25, -0.2) is 16.0 Å². The standard InChI is InChI=1S/C26H43N6O7P/c1-9-10-11-22(34)28-16-20-23(39-40(37-15-13-27-7)32(17(2)3)18(4)5)24(36-8)25(38-20)31-14-12-21(29-19(6)33)30-26(31)35/h12,14,17-18,20,23-25H,9-11,13,15-16H2,1-6,8H3,(H,28,34)(H,29,30,33,35)/t20-,23-,24-,25-,40?/m1/s1. The monoisotopic (exact) mass is 582 g/mol. The fourth-order valence-electron chi connectivity index (χ4n) is 4.36. The third-order valence-corrected chi connectivity index (χ3v) is 8.22. The number of amides is 2. The molecular weight excluding hydrogens is 539 g/mol. The van der Waals surface area contributed by atoms with Crippen LogP contribution in [0.2, 0.25) is 0 Å². The van der Waals surface area contributed by atoms with Gasteiger partial charge in [0.25, 0.3) is 8.53 Å². The van der Waals surface area contributed by atoms with E-state index in [1.54, 1.807) is 0 Å². The van der Waals surface area contributed by atoms with Crippen molar-refractivity contribution in [2.75, 3.05) is 32.1 Å². The number of anilines is 1. The van der Waals surface area contributed by atoms with Gasteiger partial charge in [-0.3, -0.25) is 14.2 Å². The molecule has 2 amide bonds. The summed E-state index contributed by atoms with van der Waals surface area (Å²) < 4.78 is 28.2. The number of hydrogen-bond acceptors (Lipinski definition) is 9. The molecule has 0 radical (unpaired) electrons. The van der Waals surface area contributed by atoms with Gasteiger partial charge < -0.3 is 34.0 Å². The maximum absolute atomic E-state index is 12.9. The van der Waals surface area contributed by atoms with E-state index in [0.29, 0.717) is 6.42 Å². The molecule has 1 unspecified atom stereocenters. The average molecular weight is 583 g/mol. The molecule has 2 N–H and O–H groups in total. The van der Waals surface area contributed by atoms with Crippen LogP contribution in [0.15, 0.2) is 17.1 Å². The first-order valence-electron chi connectivity index (χ1n) is 13.6. The lowest BCUT2D eigenvalue weighted by Crippen LogP contribution is -2.43. The van der Waals surface area contributed by atoms with Gasteiger partial charge in [0.2, 0.25) is 18.4 Å². The molecule has 2 heterocycles. The van der Waals surface area contributed by atoms with Crippen molar-refractivity contribution in [2.24, 2.45) is 0 Å². The van der Waals surface area contributed by atoms with Crippen LogP contribution in [0.4, 0.5) is 5.82 Å². The van der Waals surface area contributed by atoms with E-state index in [0.717, 1.165) is 12.8 Å². The maximum atomic E-state index is 12.9. The Morgan fingerprint density at radius 2 is 1.98 bits per heavy atom. The highest BCUT2D eigenvalue weighted by molar-refractivity contribution is 7.44. The fourth-order valence-corrected chi connectivity index (χ4v) is 6.12. The van der Waals surface area contributed by atoms with Gasteiger partial charge in [0.05, 0.1) is 0 Å². The van der Waals surface area contributed by atoms with Crippen LogP contribution in [-0.4, -0.2) is 83.2 Å². The summed E-state index contributed by atoms with van der Waals surface area (Å²) in [4.78, 5) is 44.1. The molecule has 0 spiro atoms. The van der Waals surface area contributed by atoms with Crippen LogP contribution in [0.3, 0.4) is 0 Å². The number of hydrogen-bond donors (Lipinski definition) is 2. The molecule has 13 nitrogen and oxygen atoms in total. The van der Waals surface area contributed by atoms with Crippen molar-refractivity contribution in [3.05, 3.63) is 34.2 Å². The van der Waals surface area contributed by atoms with Crippen LogP contribution >= 0.6 is 8.53 Å². The fraction of sp³-hybridized carbons (Fsp3) is 0.731. The quantitative estimate of drug-likeness (QED) is 0.171. The number of carbonyl (C=O) groups excluding carboxylic acids is 2. The van der Waals surface area contributed by atoms with Crippen molar-refractivity contribution in [2.45, 2.75) is 97.4 Å². The predicted molar refractivity (Wildman–Crippen MR) is 151 cm³/mol. The molecule has 0 saturated carbocycles. The van der Waals surface area contributed by atoms with Gasteiger partial charge in [-0.2, -0.15) is 4.98 Å². The molecule has 1 aromatic rings. The van der Waals surface area contributed by atoms with Crippen LogP contribution in [0.5, 0.6) is 0 Å². The second-order valence-electron chi connectivity index (χ2n) is 9.95. The second-order valence-corrected chi connectivity index (χ2v) is 11.4. The Kier molecular flexibility index (Phi) is 14.1. The van der Waals surface area contributed by atoms with E-state index >= 15 is 0 Å². The Hall–Kier alpha value is -2.46. The summed E-state index contributed by atoms with van der Waals surface area (Å²) in [5, 5.41) is 5.41. The molecule has 224 valence electrons. The lowest BCUT2D eigenvalue weighted by molar-refractivity contribution is -0.122. The van der Waals surface area contributed by atoms with Crippen molar-refractivity contribution >= 4 is 26.2 Å². The number of nitrogens with one attached hydrogen (secondary N) is 2. The molecule has 1 saturated heterocycles. The van der Waals surface area contributed by atoms with Gasteiger partial charge in [0.1, 0.15) is 30.7 Å². The molecule has 14 heteroatoms. The molecule has 1 aliphatic rings. The van der Waals surface area contributed by atoms with Crippen molar-refractivity contribution in [1.82, 2.24) is 19.5 Å². The topological polar surface area (TPSA) is 138 Å². The number of methoxy groups -OCH3 is 1. The van der Waals surface area contributed by atoms with Gasteiger partial charge in [0, 0.05) is 45.3 Å². The highest BCUT2D eigenvalue weighted by Crippen LogP contribution is 2.50. The minimum Gasteiger partial charge on any atom is -0.374 e. The first kappa shape index (κ1) is 33.7. The second kappa shape index (κ2) is 16.7. The summed E-state index contributed by atoms with van der Waals surface area (Å²) in [5.41, 5.74) is -0.647. The summed E-state index contributed by atoms with van der Waals surface area (Å²) in [6.45, 7) is 19.1. The zero-order valence-corrected chi connectivity index (χ0v) is 25.3. The van der Waals surface area contributed by atoms with Crippen LogP contribution < -0.4 is 16.3 Å². The van der Waals surface area contributed by atoms with Gasteiger partial charge >= 0.3 is 5.69 Å². The van der Waals surface area contributed by atoms with E-state index < -0.39 is 38.8 Å². The van der Waals surface area contributed by atoms with Gasteiger partial charge in [-0.05, 0) is 40.2 Å². The first-order valence-corrected chi connectivity index (χ1v) is 14.7. The third-order valence-electron chi connectivity index (χ3n) is 6.09. The van der Waals surface area contributed by atoms with E-state index in [-0.39, 0.29) is 49.4 Å². The predicted octanol–water partition coefficient (Wildman–Crippen LogP) is 3.09.